The first-order chi connectivity index (χ1) is 9.50. The number of hydrogen-bond donors (Lipinski definition) is 1. The summed E-state index contributed by atoms with van der Waals surface area (Å²) in [6.07, 6.45) is 0. The Balaban J connectivity index is 2.26. The molecule has 0 spiro atoms. The molecule has 2 aromatic carbocycles. The number of amides is 1. The van der Waals surface area contributed by atoms with Gasteiger partial charge in [-0.25, -0.2) is 8.78 Å². The number of carbonyl (C=O) groups excluding carboxylic acids is 1. The molecule has 20 heavy (non-hydrogen) atoms. The second kappa shape index (κ2) is 5.69. The highest BCUT2D eigenvalue weighted by Crippen LogP contribution is 2.20. The first kappa shape index (κ1) is 14.0. The lowest BCUT2D eigenvalue weighted by Gasteiger charge is -2.18. The minimum atomic E-state index is -1.02. The molecule has 0 aliphatic rings. The third kappa shape index (κ3) is 2.77. The second-order valence-corrected chi connectivity index (χ2v) is 4.47. The number of anilines is 1. The van der Waals surface area contributed by atoms with E-state index < -0.39 is 23.1 Å². The zero-order valence-electron chi connectivity index (χ0n) is 10.9. The van der Waals surface area contributed by atoms with E-state index in [0.29, 0.717) is 0 Å². The van der Waals surface area contributed by atoms with E-state index >= 15 is 0 Å². The molecule has 0 unspecified atom stereocenters. The Morgan fingerprint density at radius 2 is 1.80 bits per heavy atom. The average molecular weight is 276 g/mol. The third-order valence-corrected chi connectivity index (χ3v) is 2.94. The lowest BCUT2D eigenvalue weighted by molar-refractivity contribution is 0.0775. The fourth-order valence-corrected chi connectivity index (χ4v) is 1.88. The number of nitrogens with zero attached hydrogens (tertiary/aromatic N) is 1. The molecule has 0 radical (unpaired) electrons. The van der Waals surface area contributed by atoms with E-state index in [0.717, 1.165) is 17.7 Å². The van der Waals surface area contributed by atoms with Crippen molar-refractivity contribution in [2.45, 2.75) is 6.54 Å². The van der Waals surface area contributed by atoms with Crippen LogP contribution < -0.4 is 5.73 Å². The maximum Gasteiger partial charge on any atom is 0.259 e. The molecule has 2 aromatic rings. The molecule has 0 aliphatic heterocycles. The van der Waals surface area contributed by atoms with Crippen molar-refractivity contribution < 1.29 is 13.6 Å². The van der Waals surface area contributed by atoms with Gasteiger partial charge in [-0.05, 0) is 17.7 Å². The van der Waals surface area contributed by atoms with Crippen LogP contribution in [0.2, 0.25) is 0 Å². The zero-order chi connectivity index (χ0) is 14.7. The molecule has 0 aromatic heterocycles. The van der Waals surface area contributed by atoms with Gasteiger partial charge in [0.05, 0.1) is 5.69 Å². The lowest BCUT2D eigenvalue weighted by Crippen LogP contribution is -2.28. The van der Waals surface area contributed by atoms with Gasteiger partial charge in [-0.2, -0.15) is 0 Å². The smallest absolute Gasteiger partial charge is 0.259 e. The van der Waals surface area contributed by atoms with Gasteiger partial charge in [-0.15, -0.1) is 0 Å². The Hall–Kier alpha value is -2.43. The maximum atomic E-state index is 13.8. The molecule has 0 heterocycles. The first-order valence-electron chi connectivity index (χ1n) is 6.03. The second-order valence-electron chi connectivity index (χ2n) is 4.47. The number of benzene rings is 2. The molecule has 0 saturated heterocycles. The molecule has 0 aliphatic carbocycles. The number of halogens is 2. The van der Waals surface area contributed by atoms with Crippen LogP contribution in [0.25, 0.3) is 0 Å². The summed E-state index contributed by atoms with van der Waals surface area (Å²) in [5.41, 5.74) is 5.37. The van der Waals surface area contributed by atoms with E-state index in [-0.39, 0.29) is 12.2 Å². The van der Waals surface area contributed by atoms with Crippen LogP contribution in [0, 0.1) is 11.6 Å². The molecular formula is C15H14F2N2O. The van der Waals surface area contributed by atoms with Crippen LogP contribution >= 0.6 is 0 Å². The van der Waals surface area contributed by atoms with Gasteiger partial charge in [-0.3, -0.25) is 4.79 Å². The van der Waals surface area contributed by atoms with E-state index in [1.165, 1.54) is 11.9 Å². The Morgan fingerprint density at radius 3 is 2.45 bits per heavy atom. The molecule has 5 heteroatoms. The van der Waals surface area contributed by atoms with Gasteiger partial charge in [0.2, 0.25) is 0 Å². The van der Waals surface area contributed by atoms with Crippen molar-refractivity contribution in [3.8, 4) is 0 Å². The van der Waals surface area contributed by atoms with E-state index in [1.54, 1.807) is 0 Å². The van der Waals surface area contributed by atoms with Gasteiger partial charge < -0.3 is 10.6 Å². The average Bonchev–Trinajstić information content (AvgIpc) is 2.44. The van der Waals surface area contributed by atoms with Crippen LogP contribution in [-0.4, -0.2) is 17.9 Å². The van der Waals surface area contributed by atoms with Crippen molar-refractivity contribution in [2.24, 2.45) is 0 Å². The Labute approximate surface area is 115 Å². The molecule has 2 N–H and O–H groups in total. The summed E-state index contributed by atoms with van der Waals surface area (Å²) in [6.45, 7) is 0.257. The number of nitrogen functional groups attached to an aromatic ring is 1. The van der Waals surface area contributed by atoms with Crippen LogP contribution in [0.3, 0.4) is 0 Å². The van der Waals surface area contributed by atoms with Gasteiger partial charge in [0, 0.05) is 13.6 Å². The van der Waals surface area contributed by atoms with Gasteiger partial charge >= 0.3 is 0 Å². The molecule has 0 atom stereocenters. The first-order valence-corrected chi connectivity index (χ1v) is 6.03. The van der Waals surface area contributed by atoms with Crippen molar-refractivity contribution in [3.63, 3.8) is 0 Å². The lowest BCUT2D eigenvalue weighted by atomic mass is 10.1. The van der Waals surface area contributed by atoms with Gasteiger partial charge in [0.25, 0.3) is 5.91 Å². The molecule has 2 rings (SSSR count). The number of nitrogens with two attached hydrogens (primary N) is 1. The molecule has 1 amide bonds. The standard InChI is InChI=1S/C15H14F2N2O/c1-19(9-10-5-3-2-4-6-10)15(20)13-11(16)7-8-12(18)14(13)17/h2-8H,9,18H2,1H3. The van der Waals surface area contributed by atoms with Crippen molar-refractivity contribution in [2.75, 3.05) is 12.8 Å². The van der Waals surface area contributed by atoms with E-state index in [1.807, 2.05) is 30.3 Å². The number of carbonyl (C=O) groups is 1. The summed E-state index contributed by atoms with van der Waals surface area (Å²) < 4.78 is 27.4. The Kier molecular flexibility index (Phi) is 3.98. The van der Waals surface area contributed by atoms with Gasteiger partial charge in [0.15, 0.2) is 5.82 Å². The van der Waals surface area contributed by atoms with Crippen LogP contribution in [0.4, 0.5) is 14.5 Å². The largest absolute Gasteiger partial charge is 0.396 e. The minimum Gasteiger partial charge on any atom is -0.396 e. The summed E-state index contributed by atoms with van der Waals surface area (Å²) in [5, 5.41) is 0. The van der Waals surface area contributed by atoms with Crippen LogP contribution in [0.15, 0.2) is 42.5 Å². The predicted molar refractivity (Wildman–Crippen MR) is 73.0 cm³/mol. The summed E-state index contributed by atoms with van der Waals surface area (Å²) in [6, 6.07) is 11.2. The van der Waals surface area contributed by atoms with Crippen molar-refractivity contribution in [1.82, 2.24) is 4.90 Å². The third-order valence-electron chi connectivity index (χ3n) is 2.94. The van der Waals surface area contributed by atoms with Crippen LogP contribution in [0.5, 0.6) is 0 Å². The SMILES string of the molecule is CN(Cc1ccccc1)C(=O)c1c(F)ccc(N)c1F. The molecule has 104 valence electrons. The minimum absolute atomic E-state index is 0.247. The highest BCUT2D eigenvalue weighted by Gasteiger charge is 2.22. The van der Waals surface area contributed by atoms with Crippen molar-refractivity contribution >= 4 is 11.6 Å². The van der Waals surface area contributed by atoms with Gasteiger partial charge in [0.1, 0.15) is 11.4 Å². The highest BCUT2D eigenvalue weighted by atomic mass is 19.1. The van der Waals surface area contributed by atoms with Gasteiger partial charge in [-0.1, -0.05) is 30.3 Å². The highest BCUT2D eigenvalue weighted by molar-refractivity contribution is 5.95. The molecular weight excluding hydrogens is 262 g/mol. The normalized spacial score (nSPS) is 10.3. The fourth-order valence-electron chi connectivity index (χ4n) is 1.88. The summed E-state index contributed by atoms with van der Waals surface area (Å²) in [7, 11) is 1.48. The molecule has 0 fully saturated rings. The zero-order valence-corrected chi connectivity index (χ0v) is 10.9. The fraction of sp³-hybridized carbons (Fsp3) is 0.133. The monoisotopic (exact) mass is 276 g/mol. The van der Waals surface area contributed by atoms with Crippen LogP contribution in [-0.2, 0) is 6.54 Å². The molecule has 3 nitrogen and oxygen atoms in total. The summed E-state index contributed by atoms with van der Waals surface area (Å²) in [5.74, 6) is -2.67. The van der Waals surface area contributed by atoms with Crippen molar-refractivity contribution in [1.29, 1.82) is 0 Å². The maximum absolute atomic E-state index is 13.8. The quantitative estimate of drug-likeness (QED) is 0.876. The summed E-state index contributed by atoms with van der Waals surface area (Å²) in [4.78, 5) is 13.4. The van der Waals surface area contributed by atoms with Crippen LogP contribution in [0.1, 0.15) is 15.9 Å². The Bertz CT molecular complexity index is 629. The van der Waals surface area contributed by atoms with Crippen molar-refractivity contribution in [3.05, 3.63) is 65.2 Å². The summed E-state index contributed by atoms with van der Waals surface area (Å²) >= 11 is 0. The predicted octanol–water partition coefficient (Wildman–Crippen LogP) is 2.82. The molecule has 0 saturated carbocycles. The number of hydrogen-bond acceptors (Lipinski definition) is 2. The molecule has 0 bridgehead atoms. The van der Waals surface area contributed by atoms with E-state index in [4.69, 9.17) is 5.73 Å². The number of rotatable bonds is 3. The van der Waals surface area contributed by atoms with E-state index in [2.05, 4.69) is 0 Å². The van der Waals surface area contributed by atoms with E-state index in [9.17, 15) is 13.6 Å². The topological polar surface area (TPSA) is 46.3 Å². The Morgan fingerprint density at radius 1 is 1.15 bits per heavy atom.